The van der Waals surface area contributed by atoms with Crippen molar-refractivity contribution in [1.29, 1.82) is 0 Å². The third kappa shape index (κ3) is 3.37. The Morgan fingerprint density at radius 1 is 0.483 bits per heavy atom. The third-order valence-electron chi connectivity index (χ3n) is 4.34. The van der Waals surface area contributed by atoms with E-state index in [0.29, 0.717) is 40.4 Å². The molecule has 2 aromatic heterocycles. The zero-order valence-electron chi connectivity index (χ0n) is 15.2. The van der Waals surface area contributed by atoms with E-state index >= 15 is 0 Å². The van der Waals surface area contributed by atoms with E-state index < -0.39 is 0 Å². The lowest BCUT2D eigenvalue weighted by Gasteiger charge is -2.02. The SMILES string of the molecule is Nc1cc(-c2nnc(-c3ccccc3)o2)cc(-c2nnc(-c3ccccc3)o2)c1. The van der Waals surface area contributed by atoms with E-state index in [1.165, 1.54) is 0 Å². The monoisotopic (exact) mass is 381 g/mol. The van der Waals surface area contributed by atoms with Crippen LogP contribution in [0.2, 0.25) is 0 Å². The average molecular weight is 381 g/mol. The van der Waals surface area contributed by atoms with Gasteiger partial charge < -0.3 is 14.6 Å². The molecule has 0 aliphatic rings. The molecule has 0 aliphatic carbocycles. The van der Waals surface area contributed by atoms with E-state index in [-0.39, 0.29) is 0 Å². The minimum atomic E-state index is 0.361. The predicted molar refractivity (Wildman–Crippen MR) is 108 cm³/mol. The van der Waals surface area contributed by atoms with Crippen molar-refractivity contribution in [2.24, 2.45) is 0 Å². The molecule has 0 unspecified atom stereocenters. The van der Waals surface area contributed by atoms with Gasteiger partial charge in [0.15, 0.2) is 0 Å². The lowest BCUT2D eigenvalue weighted by Crippen LogP contribution is -1.89. The summed E-state index contributed by atoms with van der Waals surface area (Å²) in [6.07, 6.45) is 0. The van der Waals surface area contributed by atoms with Crippen LogP contribution in [-0.4, -0.2) is 20.4 Å². The summed E-state index contributed by atoms with van der Waals surface area (Å²) in [7, 11) is 0. The van der Waals surface area contributed by atoms with Gasteiger partial charge in [-0.1, -0.05) is 36.4 Å². The molecule has 2 N–H and O–H groups in total. The van der Waals surface area contributed by atoms with Crippen molar-refractivity contribution in [3.8, 4) is 45.8 Å². The lowest BCUT2D eigenvalue weighted by atomic mass is 10.1. The molecule has 7 heteroatoms. The molecule has 0 saturated carbocycles. The Morgan fingerprint density at radius 3 is 1.28 bits per heavy atom. The topological polar surface area (TPSA) is 104 Å². The first kappa shape index (κ1) is 16.9. The second-order valence-corrected chi connectivity index (χ2v) is 6.40. The summed E-state index contributed by atoms with van der Waals surface area (Å²) in [6, 6.07) is 24.5. The molecule has 7 nitrogen and oxygen atoms in total. The van der Waals surface area contributed by atoms with Crippen LogP contribution in [0.15, 0.2) is 87.7 Å². The molecule has 0 atom stereocenters. The molecular weight excluding hydrogens is 366 g/mol. The molecule has 3 aromatic carbocycles. The number of rotatable bonds is 4. The molecule has 2 heterocycles. The van der Waals surface area contributed by atoms with Gasteiger partial charge in [-0.05, 0) is 42.5 Å². The highest BCUT2D eigenvalue weighted by atomic mass is 16.4. The van der Waals surface area contributed by atoms with Gasteiger partial charge in [0.25, 0.3) is 0 Å². The summed E-state index contributed by atoms with van der Waals surface area (Å²) in [6.45, 7) is 0. The van der Waals surface area contributed by atoms with E-state index in [1.807, 2.05) is 66.7 Å². The number of nitrogen functional groups attached to an aromatic ring is 1. The van der Waals surface area contributed by atoms with Gasteiger partial charge >= 0.3 is 0 Å². The number of nitrogens with zero attached hydrogens (tertiary/aromatic N) is 4. The number of anilines is 1. The van der Waals surface area contributed by atoms with Crippen LogP contribution in [0.4, 0.5) is 5.69 Å². The van der Waals surface area contributed by atoms with E-state index in [0.717, 1.165) is 11.1 Å². The second kappa shape index (κ2) is 7.05. The molecular formula is C22H15N5O2. The van der Waals surface area contributed by atoms with E-state index in [1.54, 1.807) is 12.1 Å². The molecule has 0 fully saturated rings. The lowest BCUT2D eigenvalue weighted by molar-refractivity contribution is 0.582. The number of aromatic nitrogens is 4. The highest BCUT2D eigenvalue weighted by Crippen LogP contribution is 2.31. The summed E-state index contributed by atoms with van der Waals surface area (Å²) in [5, 5.41) is 16.6. The van der Waals surface area contributed by atoms with Gasteiger partial charge in [0.05, 0.1) is 0 Å². The van der Waals surface area contributed by atoms with Crippen LogP contribution in [0.25, 0.3) is 45.8 Å². The highest BCUT2D eigenvalue weighted by Gasteiger charge is 2.15. The minimum Gasteiger partial charge on any atom is -0.416 e. The Balaban J connectivity index is 1.50. The summed E-state index contributed by atoms with van der Waals surface area (Å²) in [5.41, 5.74) is 9.66. The quantitative estimate of drug-likeness (QED) is 0.450. The average Bonchev–Trinajstić information content (AvgIpc) is 3.45. The molecule has 0 aliphatic heterocycles. The standard InChI is InChI=1S/C22H15N5O2/c23-18-12-16(21-26-24-19(28-21)14-7-3-1-4-8-14)11-17(13-18)22-27-25-20(29-22)15-9-5-2-6-10-15/h1-13H,23H2. The summed E-state index contributed by atoms with van der Waals surface area (Å²) >= 11 is 0. The Hall–Kier alpha value is -4.26. The molecule has 5 aromatic rings. The van der Waals surface area contributed by atoms with Crippen molar-refractivity contribution in [2.75, 3.05) is 5.73 Å². The van der Waals surface area contributed by atoms with Gasteiger partial charge in [-0.25, -0.2) is 0 Å². The number of hydrogen-bond acceptors (Lipinski definition) is 7. The first-order valence-electron chi connectivity index (χ1n) is 8.95. The summed E-state index contributed by atoms with van der Waals surface area (Å²) in [4.78, 5) is 0. The maximum atomic E-state index is 6.09. The highest BCUT2D eigenvalue weighted by molar-refractivity contribution is 5.71. The second-order valence-electron chi connectivity index (χ2n) is 6.40. The normalized spacial score (nSPS) is 10.9. The van der Waals surface area contributed by atoms with Crippen LogP contribution in [0.3, 0.4) is 0 Å². The Morgan fingerprint density at radius 2 is 0.862 bits per heavy atom. The van der Waals surface area contributed by atoms with Crippen LogP contribution < -0.4 is 5.73 Å². The minimum absolute atomic E-state index is 0.361. The fourth-order valence-electron chi connectivity index (χ4n) is 2.97. The van der Waals surface area contributed by atoms with Gasteiger partial charge in [-0.2, -0.15) is 0 Å². The molecule has 0 spiro atoms. The Labute approximate surface area is 165 Å². The Bertz CT molecular complexity index is 1170. The number of hydrogen-bond donors (Lipinski definition) is 1. The first-order valence-corrected chi connectivity index (χ1v) is 8.95. The third-order valence-corrected chi connectivity index (χ3v) is 4.34. The van der Waals surface area contributed by atoms with Crippen molar-refractivity contribution in [3.05, 3.63) is 78.9 Å². The first-order chi connectivity index (χ1) is 14.3. The van der Waals surface area contributed by atoms with Crippen LogP contribution in [-0.2, 0) is 0 Å². The van der Waals surface area contributed by atoms with E-state index in [4.69, 9.17) is 14.6 Å². The van der Waals surface area contributed by atoms with Crippen LogP contribution in [0.1, 0.15) is 0 Å². The predicted octanol–water partition coefficient (Wildman–Crippen LogP) is 4.70. The fourth-order valence-corrected chi connectivity index (χ4v) is 2.97. The Kier molecular flexibility index (Phi) is 4.10. The molecule has 0 bridgehead atoms. The maximum Gasteiger partial charge on any atom is 0.248 e. The molecule has 140 valence electrons. The van der Waals surface area contributed by atoms with Gasteiger partial charge in [-0.15, -0.1) is 20.4 Å². The van der Waals surface area contributed by atoms with Gasteiger partial charge in [0, 0.05) is 27.9 Å². The van der Waals surface area contributed by atoms with Gasteiger partial charge in [0.1, 0.15) is 0 Å². The van der Waals surface area contributed by atoms with Gasteiger partial charge in [0.2, 0.25) is 23.6 Å². The van der Waals surface area contributed by atoms with Crippen molar-refractivity contribution >= 4 is 5.69 Å². The van der Waals surface area contributed by atoms with Crippen molar-refractivity contribution in [1.82, 2.24) is 20.4 Å². The van der Waals surface area contributed by atoms with Crippen LogP contribution >= 0.6 is 0 Å². The molecule has 0 saturated heterocycles. The molecule has 29 heavy (non-hydrogen) atoms. The summed E-state index contributed by atoms with van der Waals surface area (Å²) in [5.74, 6) is 1.60. The van der Waals surface area contributed by atoms with Crippen LogP contribution in [0, 0.1) is 0 Å². The van der Waals surface area contributed by atoms with Crippen molar-refractivity contribution < 1.29 is 8.83 Å². The van der Waals surface area contributed by atoms with Crippen LogP contribution in [0.5, 0.6) is 0 Å². The molecule has 5 rings (SSSR count). The fraction of sp³-hybridized carbons (Fsp3) is 0. The van der Waals surface area contributed by atoms with Crippen molar-refractivity contribution in [3.63, 3.8) is 0 Å². The molecule has 0 radical (unpaired) electrons. The zero-order chi connectivity index (χ0) is 19.6. The number of nitrogens with two attached hydrogens (primary N) is 1. The van der Waals surface area contributed by atoms with Crippen molar-refractivity contribution in [2.45, 2.75) is 0 Å². The van der Waals surface area contributed by atoms with E-state index in [2.05, 4.69) is 20.4 Å². The number of benzene rings is 3. The molecule has 0 amide bonds. The van der Waals surface area contributed by atoms with E-state index in [9.17, 15) is 0 Å². The zero-order valence-corrected chi connectivity index (χ0v) is 15.2. The summed E-state index contributed by atoms with van der Waals surface area (Å²) < 4.78 is 11.7. The largest absolute Gasteiger partial charge is 0.416 e. The van der Waals surface area contributed by atoms with Gasteiger partial charge in [-0.3, -0.25) is 0 Å². The smallest absolute Gasteiger partial charge is 0.248 e. The maximum absolute atomic E-state index is 6.09.